The van der Waals surface area contributed by atoms with E-state index < -0.39 is 11.6 Å². The highest BCUT2D eigenvalue weighted by molar-refractivity contribution is 5.99. The number of fused-ring (bicyclic) bond motifs is 1. The van der Waals surface area contributed by atoms with E-state index in [0.717, 1.165) is 23.4 Å². The second kappa shape index (κ2) is 8.06. The highest BCUT2D eigenvalue weighted by atomic mass is 19.2. The number of amides is 2. The Hall–Kier alpha value is -3.16. The molecule has 2 aromatic carbocycles. The first kappa shape index (κ1) is 19.2. The van der Waals surface area contributed by atoms with Crippen LogP contribution in [0.2, 0.25) is 0 Å². The summed E-state index contributed by atoms with van der Waals surface area (Å²) in [5.41, 5.74) is 2.26. The molecule has 0 aliphatic carbocycles. The standard InChI is InChI=1S/C21H21F2N3O3/c22-17-4-2-15(12-18(17)23)26-8-7-25(21(28)13-26)6-1-9-29-16-3-5-19-14(10-16)11-20(27)24-19/h2-5,10,12H,1,6-9,11,13H2,(H,24,27). The molecule has 2 aliphatic heterocycles. The number of rotatable bonds is 6. The fourth-order valence-corrected chi connectivity index (χ4v) is 3.59. The van der Waals surface area contributed by atoms with Crippen LogP contribution in [0.4, 0.5) is 20.2 Å². The van der Waals surface area contributed by atoms with Crippen LogP contribution in [0.15, 0.2) is 36.4 Å². The fourth-order valence-electron chi connectivity index (χ4n) is 3.59. The smallest absolute Gasteiger partial charge is 0.242 e. The van der Waals surface area contributed by atoms with Crippen molar-refractivity contribution in [1.82, 2.24) is 4.90 Å². The molecule has 0 unspecified atom stereocenters. The van der Waals surface area contributed by atoms with E-state index in [2.05, 4.69) is 5.32 Å². The van der Waals surface area contributed by atoms with Gasteiger partial charge < -0.3 is 19.9 Å². The average Bonchev–Trinajstić information content (AvgIpc) is 3.07. The zero-order valence-corrected chi connectivity index (χ0v) is 15.8. The largest absolute Gasteiger partial charge is 0.494 e. The summed E-state index contributed by atoms with van der Waals surface area (Å²) in [5, 5.41) is 2.78. The van der Waals surface area contributed by atoms with Gasteiger partial charge in [-0.25, -0.2) is 8.78 Å². The highest BCUT2D eigenvalue weighted by Gasteiger charge is 2.24. The highest BCUT2D eigenvalue weighted by Crippen LogP contribution is 2.27. The molecule has 1 saturated heterocycles. The summed E-state index contributed by atoms with van der Waals surface area (Å²) in [5.74, 6) is -1.18. The lowest BCUT2D eigenvalue weighted by Crippen LogP contribution is -2.50. The van der Waals surface area contributed by atoms with Gasteiger partial charge in [0.05, 0.1) is 19.6 Å². The number of ether oxygens (including phenoxy) is 1. The molecule has 0 atom stereocenters. The number of hydrogen-bond donors (Lipinski definition) is 1. The average molecular weight is 401 g/mol. The quantitative estimate of drug-likeness (QED) is 0.756. The summed E-state index contributed by atoms with van der Waals surface area (Å²) >= 11 is 0. The predicted octanol–water partition coefficient (Wildman–Crippen LogP) is 2.58. The second-order valence-corrected chi connectivity index (χ2v) is 7.15. The summed E-state index contributed by atoms with van der Waals surface area (Å²) < 4.78 is 32.2. The van der Waals surface area contributed by atoms with Crippen LogP contribution in [0.1, 0.15) is 12.0 Å². The Balaban J connectivity index is 1.23. The first-order valence-electron chi connectivity index (χ1n) is 9.53. The Morgan fingerprint density at radius 1 is 1.03 bits per heavy atom. The molecule has 2 aromatic rings. The van der Waals surface area contributed by atoms with E-state index in [4.69, 9.17) is 4.74 Å². The molecule has 6 nitrogen and oxygen atoms in total. The number of piperazine rings is 1. The van der Waals surface area contributed by atoms with Gasteiger partial charge in [-0.2, -0.15) is 0 Å². The summed E-state index contributed by atoms with van der Waals surface area (Å²) in [7, 11) is 0. The molecule has 0 radical (unpaired) electrons. The Bertz CT molecular complexity index is 951. The molecule has 29 heavy (non-hydrogen) atoms. The van der Waals surface area contributed by atoms with Crippen LogP contribution >= 0.6 is 0 Å². The first-order chi connectivity index (χ1) is 14.0. The molecule has 0 aromatic heterocycles. The topological polar surface area (TPSA) is 61.9 Å². The molecule has 0 saturated carbocycles. The molecule has 1 N–H and O–H groups in total. The molecule has 8 heteroatoms. The Labute approximate surface area is 167 Å². The van der Waals surface area contributed by atoms with Crippen molar-refractivity contribution >= 4 is 23.2 Å². The third-order valence-corrected chi connectivity index (χ3v) is 5.13. The zero-order valence-electron chi connectivity index (χ0n) is 15.8. The Kier molecular flexibility index (Phi) is 5.33. The number of halogens is 2. The molecule has 152 valence electrons. The minimum atomic E-state index is -0.916. The van der Waals surface area contributed by atoms with E-state index in [-0.39, 0.29) is 18.4 Å². The van der Waals surface area contributed by atoms with Crippen LogP contribution in [0.3, 0.4) is 0 Å². The number of benzene rings is 2. The number of hydrogen-bond acceptors (Lipinski definition) is 4. The molecule has 2 aliphatic rings. The monoisotopic (exact) mass is 401 g/mol. The minimum Gasteiger partial charge on any atom is -0.494 e. The van der Waals surface area contributed by atoms with Crippen molar-refractivity contribution in [2.24, 2.45) is 0 Å². The summed E-state index contributed by atoms with van der Waals surface area (Å²) in [6.07, 6.45) is 1.04. The fraction of sp³-hybridized carbons (Fsp3) is 0.333. The van der Waals surface area contributed by atoms with Gasteiger partial charge in [0.25, 0.3) is 0 Å². The summed E-state index contributed by atoms with van der Waals surface area (Å²) in [4.78, 5) is 27.3. The zero-order chi connectivity index (χ0) is 20.4. The van der Waals surface area contributed by atoms with Crippen molar-refractivity contribution in [2.75, 3.05) is 43.0 Å². The number of anilines is 2. The van der Waals surface area contributed by atoms with Crippen molar-refractivity contribution in [2.45, 2.75) is 12.8 Å². The van der Waals surface area contributed by atoms with Gasteiger partial charge in [-0.1, -0.05) is 0 Å². The number of carbonyl (C=O) groups excluding carboxylic acids is 2. The molecule has 0 bridgehead atoms. The first-order valence-corrected chi connectivity index (χ1v) is 9.53. The van der Waals surface area contributed by atoms with E-state index in [9.17, 15) is 18.4 Å². The number of nitrogens with zero attached hydrogens (tertiary/aromatic N) is 2. The van der Waals surface area contributed by atoms with Gasteiger partial charge in [0, 0.05) is 37.1 Å². The lowest BCUT2D eigenvalue weighted by Gasteiger charge is -2.35. The van der Waals surface area contributed by atoms with E-state index in [0.29, 0.717) is 50.5 Å². The van der Waals surface area contributed by atoms with E-state index >= 15 is 0 Å². The molecule has 2 heterocycles. The lowest BCUT2D eigenvalue weighted by molar-refractivity contribution is -0.131. The Morgan fingerprint density at radius 3 is 2.69 bits per heavy atom. The molecular weight excluding hydrogens is 380 g/mol. The van der Waals surface area contributed by atoms with Crippen molar-refractivity contribution < 1.29 is 23.1 Å². The van der Waals surface area contributed by atoms with Crippen molar-refractivity contribution in [3.8, 4) is 5.75 Å². The normalized spacial score (nSPS) is 16.1. The van der Waals surface area contributed by atoms with Gasteiger partial charge >= 0.3 is 0 Å². The third kappa shape index (κ3) is 4.31. The maximum absolute atomic E-state index is 13.4. The van der Waals surface area contributed by atoms with Crippen LogP contribution in [0, 0.1) is 11.6 Å². The van der Waals surface area contributed by atoms with Crippen LogP contribution in [-0.4, -0.2) is 49.5 Å². The summed E-state index contributed by atoms with van der Waals surface area (Å²) in [6.45, 7) is 2.23. The lowest BCUT2D eigenvalue weighted by atomic mass is 10.1. The number of carbonyl (C=O) groups is 2. The Morgan fingerprint density at radius 2 is 1.90 bits per heavy atom. The van der Waals surface area contributed by atoms with E-state index in [1.165, 1.54) is 6.07 Å². The minimum absolute atomic E-state index is 0.0156. The van der Waals surface area contributed by atoms with Gasteiger partial charge in [-0.05, 0) is 42.3 Å². The van der Waals surface area contributed by atoms with Crippen LogP contribution < -0.4 is 15.0 Å². The molecule has 1 fully saturated rings. The van der Waals surface area contributed by atoms with Gasteiger partial charge in [0.1, 0.15) is 5.75 Å². The maximum Gasteiger partial charge on any atom is 0.242 e. The predicted molar refractivity (Wildman–Crippen MR) is 104 cm³/mol. The van der Waals surface area contributed by atoms with Crippen LogP contribution in [-0.2, 0) is 16.0 Å². The van der Waals surface area contributed by atoms with Crippen molar-refractivity contribution in [1.29, 1.82) is 0 Å². The van der Waals surface area contributed by atoms with Gasteiger partial charge in [0.15, 0.2) is 11.6 Å². The van der Waals surface area contributed by atoms with Gasteiger partial charge in [0.2, 0.25) is 11.8 Å². The SMILES string of the molecule is O=C1Cc2cc(OCCCN3CCN(c4ccc(F)c(F)c4)CC3=O)ccc2N1. The second-order valence-electron chi connectivity index (χ2n) is 7.15. The van der Waals surface area contributed by atoms with Crippen molar-refractivity contribution in [3.63, 3.8) is 0 Å². The molecule has 2 amide bonds. The number of nitrogens with one attached hydrogen (secondary N) is 1. The molecule has 0 spiro atoms. The van der Waals surface area contributed by atoms with Crippen LogP contribution in [0.25, 0.3) is 0 Å². The maximum atomic E-state index is 13.4. The third-order valence-electron chi connectivity index (χ3n) is 5.13. The van der Waals surface area contributed by atoms with E-state index in [1.54, 1.807) is 9.80 Å². The molecular formula is C21H21F2N3O3. The van der Waals surface area contributed by atoms with Gasteiger partial charge in [-0.3, -0.25) is 9.59 Å². The van der Waals surface area contributed by atoms with E-state index in [1.807, 2.05) is 18.2 Å². The van der Waals surface area contributed by atoms with Gasteiger partial charge in [-0.15, -0.1) is 0 Å². The summed E-state index contributed by atoms with van der Waals surface area (Å²) in [6, 6.07) is 9.18. The van der Waals surface area contributed by atoms with Crippen LogP contribution in [0.5, 0.6) is 5.75 Å². The molecule has 4 rings (SSSR count). The van der Waals surface area contributed by atoms with Crippen molar-refractivity contribution in [3.05, 3.63) is 53.6 Å².